The Bertz CT molecular complexity index is 375. The highest BCUT2D eigenvalue weighted by Crippen LogP contribution is 2.11. The van der Waals surface area contributed by atoms with Crippen LogP contribution in [0.5, 0.6) is 6.01 Å². The number of ether oxygens (including phenoxy) is 2. The average molecular weight is 269 g/mol. The summed E-state index contributed by atoms with van der Waals surface area (Å²) in [5.41, 5.74) is 0. The van der Waals surface area contributed by atoms with Crippen LogP contribution in [0.4, 0.5) is 11.9 Å². The lowest BCUT2D eigenvalue weighted by molar-refractivity contribution is 0.141. The summed E-state index contributed by atoms with van der Waals surface area (Å²) in [6.45, 7) is 8.14. The fraction of sp³-hybridized carbons (Fsp3) is 0.750. The fourth-order valence-corrected chi connectivity index (χ4v) is 1.38. The zero-order valence-corrected chi connectivity index (χ0v) is 12.1. The molecule has 108 valence electrons. The lowest BCUT2D eigenvalue weighted by Crippen LogP contribution is -2.23. The van der Waals surface area contributed by atoms with Crippen LogP contribution in [-0.2, 0) is 4.74 Å². The maximum absolute atomic E-state index is 5.34. The van der Waals surface area contributed by atoms with E-state index in [1.807, 2.05) is 13.8 Å². The summed E-state index contributed by atoms with van der Waals surface area (Å²) in [4.78, 5) is 12.6. The Morgan fingerprint density at radius 2 is 1.89 bits per heavy atom. The van der Waals surface area contributed by atoms with E-state index in [1.54, 1.807) is 0 Å². The van der Waals surface area contributed by atoms with E-state index in [1.165, 1.54) is 7.11 Å². The molecule has 0 radical (unpaired) electrons. The molecule has 0 aliphatic rings. The SMILES string of the molecule is CCCNc1nc(NC(C)COCC)nc(OC)n1. The van der Waals surface area contributed by atoms with Crippen LogP contribution in [0.1, 0.15) is 27.2 Å². The molecule has 1 atom stereocenters. The number of hydrogen-bond acceptors (Lipinski definition) is 7. The maximum Gasteiger partial charge on any atom is 0.322 e. The summed E-state index contributed by atoms with van der Waals surface area (Å²) in [5.74, 6) is 0.998. The third kappa shape index (κ3) is 5.69. The molecule has 19 heavy (non-hydrogen) atoms. The van der Waals surface area contributed by atoms with Crippen molar-refractivity contribution >= 4 is 11.9 Å². The van der Waals surface area contributed by atoms with Gasteiger partial charge in [0.05, 0.1) is 13.7 Å². The van der Waals surface area contributed by atoms with E-state index in [0.717, 1.165) is 13.0 Å². The van der Waals surface area contributed by atoms with Gasteiger partial charge in [0, 0.05) is 19.2 Å². The standard InChI is InChI=1S/C12H23N5O2/c1-5-7-13-10-15-11(17-12(16-10)18-4)14-9(3)8-19-6-2/h9H,5-8H2,1-4H3,(H2,13,14,15,16,17). The van der Waals surface area contributed by atoms with Crippen molar-refractivity contribution in [3.05, 3.63) is 0 Å². The van der Waals surface area contributed by atoms with Gasteiger partial charge in [-0.3, -0.25) is 0 Å². The normalized spacial score (nSPS) is 12.0. The molecule has 0 fully saturated rings. The van der Waals surface area contributed by atoms with Crippen LogP contribution in [0, 0.1) is 0 Å². The quantitative estimate of drug-likeness (QED) is 0.703. The predicted molar refractivity (Wildman–Crippen MR) is 74.7 cm³/mol. The number of nitrogens with zero attached hydrogens (tertiary/aromatic N) is 3. The van der Waals surface area contributed by atoms with Crippen molar-refractivity contribution in [2.75, 3.05) is 37.5 Å². The summed E-state index contributed by atoms with van der Waals surface area (Å²) in [6, 6.07) is 0.408. The van der Waals surface area contributed by atoms with E-state index < -0.39 is 0 Å². The van der Waals surface area contributed by atoms with Crippen molar-refractivity contribution in [2.45, 2.75) is 33.2 Å². The monoisotopic (exact) mass is 269 g/mol. The molecule has 1 unspecified atom stereocenters. The summed E-state index contributed by atoms with van der Waals surface area (Å²) in [7, 11) is 1.53. The molecule has 0 amide bonds. The highest BCUT2D eigenvalue weighted by atomic mass is 16.5. The minimum Gasteiger partial charge on any atom is -0.467 e. The molecular formula is C12H23N5O2. The lowest BCUT2D eigenvalue weighted by Gasteiger charge is -2.14. The Labute approximate surface area is 114 Å². The third-order valence-corrected chi connectivity index (χ3v) is 2.28. The zero-order valence-electron chi connectivity index (χ0n) is 12.1. The number of nitrogens with one attached hydrogen (secondary N) is 2. The molecular weight excluding hydrogens is 246 g/mol. The molecule has 1 aromatic rings. The molecule has 1 rings (SSSR count). The fourth-order valence-electron chi connectivity index (χ4n) is 1.38. The number of rotatable bonds is 9. The van der Waals surface area contributed by atoms with Crippen LogP contribution >= 0.6 is 0 Å². The van der Waals surface area contributed by atoms with Gasteiger partial charge in [0.25, 0.3) is 0 Å². The van der Waals surface area contributed by atoms with Crippen molar-refractivity contribution in [1.29, 1.82) is 0 Å². The zero-order chi connectivity index (χ0) is 14.1. The molecule has 1 heterocycles. The molecule has 1 aromatic heterocycles. The summed E-state index contributed by atoms with van der Waals surface area (Å²) >= 11 is 0. The maximum atomic E-state index is 5.34. The Balaban J connectivity index is 2.69. The number of hydrogen-bond donors (Lipinski definition) is 2. The van der Waals surface area contributed by atoms with Crippen LogP contribution in [0.15, 0.2) is 0 Å². The van der Waals surface area contributed by atoms with Gasteiger partial charge in [-0.2, -0.15) is 15.0 Å². The molecule has 0 saturated heterocycles. The summed E-state index contributed by atoms with van der Waals surface area (Å²) in [5, 5.41) is 6.27. The Morgan fingerprint density at radius 3 is 2.53 bits per heavy atom. The first-order chi connectivity index (χ1) is 9.19. The smallest absolute Gasteiger partial charge is 0.322 e. The first kappa shape index (κ1) is 15.4. The van der Waals surface area contributed by atoms with Gasteiger partial charge in [-0.15, -0.1) is 0 Å². The predicted octanol–water partition coefficient (Wildman–Crippen LogP) is 1.54. The van der Waals surface area contributed by atoms with Gasteiger partial charge in [-0.1, -0.05) is 6.92 Å². The van der Waals surface area contributed by atoms with E-state index in [2.05, 4.69) is 32.5 Å². The van der Waals surface area contributed by atoms with Crippen LogP contribution in [0.25, 0.3) is 0 Å². The van der Waals surface area contributed by atoms with E-state index in [9.17, 15) is 0 Å². The molecule has 0 bridgehead atoms. The first-order valence-electron chi connectivity index (χ1n) is 6.57. The van der Waals surface area contributed by atoms with Crippen LogP contribution in [0.2, 0.25) is 0 Å². The molecule has 0 aromatic carbocycles. The van der Waals surface area contributed by atoms with Crippen molar-refractivity contribution < 1.29 is 9.47 Å². The molecule has 2 N–H and O–H groups in total. The second kappa shape index (κ2) is 8.47. The van der Waals surface area contributed by atoms with Gasteiger partial charge in [0.1, 0.15) is 0 Å². The Morgan fingerprint density at radius 1 is 1.16 bits per heavy atom. The first-order valence-corrected chi connectivity index (χ1v) is 6.57. The lowest BCUT2D eigenvalue weighted by atomic mass is 10.4. The minimum atomic E-state index is 0.117. The minimum absolute atomic E-state index is 0.117. The second-order valence-electron chi connectivity index (χ2n) is 4.10. The molecule has 7 nitrogen and oxygen atoms in total. The molecule has 0 aliphatic carbocycles. The van der Waals surface area contributed by atoms with Gasteiger partial charge in [-0.25, -0.2) is 0 Å². The van der Waals surface area contributed by atoms with E-state index in [0.29, 0.717) is 31.1 Å². The number of anilines is 2. The van der Waals surface area contributed by atoms with Crippen molar-refractivity contribution in [1.82, 2.24) is 15.0 Å². The van der Waals surface area contributed by atoms with Gasteiger partial charge < -0.3 is 20.1 Å². The van der Waals surface area contributed by atoms with Gasteiger partial charge in [0.15, 0.2) is 0 Å². The third-order valence-electron chi connectivity index (χ3n) is 2.28. The summed E-state index contributed by atoms with van der Waals surface area (Å²) < 4.78 is 10.4. The number of methoxy groups -OCH3 is 1. The van der Waals surface area contributed by atoms with E-state index in [-0.39, 0.29) is 6.04 Å². The number of aromatic nitrogens is 3. The summed E-state index contributed by atoms with van der Waals surface area (Å²) in [6.07, 6.45) is 0.998. The van der Waals surface area contributed by atoms with Crippen LogP contribution in [-0.4, -0.2) is 47.9 Å². The molecule has 0 spiro atoms. The molecule has 0 aliphatic heterocycles. The van der Waals surface area contributed by atoms with Gasteiger partial charge >= 0.3 is 6.01 Å². The van der Waals surface area contributed by atoms with Gasteiger partial charge in [-0.05, 0) is 20.3 Å². The second-order valence-corrected chi connectivity index (χ2v) is 4.10. The average Bonchev–Trinajstić information content (AvgIpc) is 2.42. The Kier molecular flexibility index (Phi) is 6.88. The van der Waals surface area contributed by atoms with Gasteiger partial charge in [0.2, 0.25) is 11.9 Å². The highest BCUT2D eigenvalue weighted by molar-refractivity contribution is 5.36. The van der Waals surface area contributed by atoms with Crippen LogP contribution < -0.4 is 15.4 Å². The van der Waals surface area contributed by atoms with Crippen molar-refractivity contribution in [2.24, 2.45) is 0 Å². The van der Waals surface area contributed by atoms with Crippen molar-refractivity contribution in [3.63, 3.8) is 0 Å². The largest absolute Gasteiger partial charge is 0.467 e. The highest BCUT2D eigenvalue weighted by Gasteiger charge is 2.09. The van der Waals surface area contributed by atoms with E-state index >= 15 is 0 Å². The van der Waals surface area contributed by atoms with Crippen LogP contribution in [0.3, 0.4) is 0 Å². The van der Waals surface area contributed by atoms with E-state index in [4.69, 9.17) is 9.47 Å². The van der Waals surface area contributed by atoms with Crippen molar-refractivity contribution in [3.8, 4) is 6.01 Å². The topological polar surface area (TPSA) is 81.2 Å². The Hall–Kier alpha value is -1.63. The molecule has 0 saturated carbocycles. The molecule has 7 heteroatoms.